The van der Waals surface area contributed by atoms with Crippen LogP contribution in [-0.4, -0.2) is 17.6 Å². The molecular weight excluding hydrogens is 286 g/mol. The van der Waals surface area contributed by atoms with E-state index < -0.39 is 0 Å². The third-order valence-electron chi connectivity index (χ3n) is 3.98. The van der Waals surface area contributed by atoms with E-state index in [9.17, 15) is 4.79 Å². The molecule has 0 spiro atoms. The molecule has 1 unspecified atom stereocenters. The maximum atomic E-state index is 12.0. The van der Waals surface area contributed by atoms with Gasteiger partial charge in [-0.3, -0.25) is 4.98 Å². The molecule has 122 valence electrons. The SMILES string of the molecule is CCCc1ccc(-c2ccc(C(=O)OCC(C)CC)cc2)nc1. The molecule has 0 amide bonds. The van der Waals surface area contributed by atoms with Gasteiger partial charge < -0.3 is 4.74 Å². The lowest BCUT2D eigenvalue weighted by Gasteiger charge is -2.10. The van der Waals surface area contributed by atoms with E-state index in [2.05, 4.69) is 31.8 Å². The number of carbonyl (C=O) groups is 1. The fourth-order valence-corrected chi connectivity index (χ4v) is 2.23. The van der Waals surface area contributed by atoms with Crippen LogP contribution in [0.15, 0.2) is 42.6 Å². The van der Waals surface area contributed by atoms with Crippen LogP contribution in [0.5, 0.6) is 0 Å². The molecule has 3 nitrogen and oxygen atoms in total. The molecule has 0 aliphatic carbocycles. The highest BCUT2D eigenvalue weighted by Gasteiger charge is 2.09. The second-order valence-electron chi connectivity index (χ2n) is 5.99. The van der Waals surface area contributed by atoms with Crippen molar-refractivity contribution in [3.05, 3.63) is 53.7 Å². The van der Waals surface area contributed by atoms with Crippen LogP contribution >= 0.6 is 0 Å². The molecule has 2 rings (SSSR count). The standard InChI is InChI=1S/C20H25NO2/c1-4-6-16-7-12-19(21-13-16)17-8-10-18(11-9-17)20(22)23-14-15(3)5-2/h7-13,15H,4-6,14H2,1-3H3. The van der Waals surface area contributed by atoms with Gasteiger partial charge >= 0.3 is 5.97 Å². The first-order valence-electron chi connectivity index (χ1n) is 8.36. The molecular formula is C20H25NO2. The third kappa shape index (κ3) is 4.92. The summed E-state index contributed by atoms with van der Waals surface area (Å²) in [5, 5.41) is 0. The summed E-state index contributed by atoms with van der Waals surface area (Å²) in [6, 6.07) is 11.6. The summed E-state index contributed by atoms with van der Waals surface area (Å²) in [7, 11) is 0. The van der Waals surface area contributed by atoms with Crippen LogP contribution < -0.4 is 0 Å². The van der Waals surface area contributed by atoms with E-state index >= 15 is 0 Å². The molecule has 1 heterocycles. The van der Waals surface area contributed by atoms with Crippen LogP contribution in [0.4, 0.5) is 0 Å². The van der Waals surface area contributed by atoms with Crippen LogP contribution in [0.25, 0.3) is 11.3 Å². The second kappa shape index (κ2) is 8.47. The van der Waals surface area contributed by atoms with Crippen molar-refractivity contribution in [1.82, 2.24) is 4.98 Å². The number of rotatable bonds is 7. The van der Waals surface area contributed by atoms with Gasteiger partial charge in [0.1, 0.15) is 0 Å². The molecule has 0 radical (unpaired) electrons. The summed E-state index contributed by atoms with van der Waals surface area (Å²) in [4.78, 5) is 16.5. The Morgan fingerprint density at radius 1 is 1.13 bits per heavy atom. The molecule has 0 saturated heterocycles. The highest BCUT2D eigenvalue weighted by atomic mass is 16.5. The molecule has 1 aromatic heterocycles. The van der Waals surface area contributed by atoms with Crippen LogP contribution in [-0.2, 0) is 11.2 Å². The lowest BCUT2D eigenvalue weighted by Crippen LogP contribution is -2.11. The van der Waals surface area contributed by atoms with E-state index in [-0.39, 0.29) is 5.97 Å². The highest BCUT2D eigenvalue weighted by molar-refractivity contribution is 5.90. The number of carbonyl (C=O) groups excluding carboxylic acids is 1. The third-order valence-corrected chi connectivity index (χ3v) is 3.98. The van der Waals surface area contributed by atoms with Crippen LogP contribution in [0.2, 0.25) is 0 Å². The van der Waals surface area contributed by atoms with Crippen LogP contribution in [0.3, 0.4) is 0 Å². The van der Waals surface area contributed by atoms with Gasteiger partial charge in [-0.15, -0.1) is 0 Å². The fourth-order valence-electron chi connectivity index (χ4n) is 2.23. The Kier molecular flexibility index (Phi) is 6.33. The zero-order valence-electron chi connectivity index (χ0n) is 14.2. The predicted molar refractivity (Wildman–Crippen MR) is 93.4 cm³/mol. The largest absolute Gasteiger partial charge is 0.462 e. The first-order valence-corrected chi connectivity index (χ1v) is 8.36. The van der Waals surface area contributed by atoms with Crippen molar-refractivity contribution in [1.29, 1.82) is 0 Å². The number of aryl methyl sites for hydroxylation is 1. The number of nitrogens with zero attached hydrogens (tertiary/aromatic N) is 1. The van der Waals surface area contributed by atoms with Crippen LogP contribution in [0, 0.1) is 5.92 Å². The van der Waals surface area contributed by atoms with Crippen LogP contribution in [0.1, 0.15) is 49.5 Å². The lowest BCUT2D eigenvalue weighted by atomic mass is 10.1. The lowest BCUT2D eigenvalue weighted by molar-refractivity contribution is 0.0447. The zero-order chi connectivity index (χ0) is 16.7. The minimum absolute atomic E-state index is 0.261. The van der Waals surface area contributed by atoms with Crippen molar-refractivity contribution in [2.24, 2.45) is 5.92 Å². The summed E-state index contributed by atoms with van der Waals surface area (Å²) in [6.45, 7) is 6.79. The molecule has 0 saturated carbocycles. The number of hydrogen-bond acceptors (Lipinski definition) is 3. The number of hydrogen-bond donors (Lipinski definition) is 0. The maximum Gasteiger partial charge on any atom is 0.338 e. The summed E-state index contributed by atoms with van der Waals surface area (Å²) >= 11 is 0. The summed E-state index contributed by atoms with van der Waals surface area (Å²) in [6.07, 6.45) is 5.10. The number of benzene rings is 1. The van der Waals surface area contributed by atoms with Gasteiger partial charge in [0.15, 0.2) is 0 Å². The topological polar surface area (TPSA) is 39.2 Å². The molecule has 0 aliphatic rings. The molecule has 0 aliphatic heterocycles. The van der Waals surface area contributed by atoms with Gasteiger partial charge in [0.25, 0.3) is 0 Å². The van der Waals surface area contributed by atoms with E-state index in [0.29, 0.717) is 18.1 Å². The van der Waals surface area contributed by atoms with Gasteiger partial charge in [-0.2, -0.15) is 0 Å². The van der Waals surface area contributed by atoms with Gasteiger partial charge in [0.2, 0.25) is 0 Å². The van der Waals surface area contributed by atoms with E-state index in [1.165, 1.54) is 5.56 Å². The summed E-state index contributed by atoms with van der Waals surface area (Å²) in [5.74, 6) is 0.132. The summed E-state index contributed by atoms with van der Waals surface area (Å²) < 4.78 is 5.31. The average molecular weight is 311 g/mol. The van der Waals surface area contributed by atoms with Crippen molar-refractivity contribution in [2.75, 3.05) is 6.61 Å². The van der Waals surface area contributed by atoms with E-state index in [4.69, 9.17) is 4.74 Å². The monoisotopic (exact) mass is 311 g/mol. The van der Waals surface area contributed by atoms with E-state index in [1.54, 1.807) is 12.1 Å². The Morgan fingerprint density at radius 3 is 2.43 bits per heavy atom. The molecule has 3 heteroatoms. The number of pyridine rings is 1. The summed E-state index contributed by atoms with van der Waals surface area (Å²) in [5.41, 5.74) is 3.76. The minimum Gasteiger partial charge on any atom is -0.462 e. The Labute approximate surface area is 138 Å². The minimum atomic E-state index is -0.261. The van der Waals surface area contributed by atoms with Crippen molar-refractivity contribution in [2.45, 2.75) is 40.0 Å². The smallest absolute Gasteiger partial charge is 0.338 e. The van der Waals surface area contributed by atoms with Gasteiger partial charge in [-0.05, 0) is 36.1 Å². The van der Waals surface area contributed by atoms with Crippen molar-refractivity contribution >= 4 is 5.97 Å². The second-order valence-corrected chi connectivity index (χ2v) is 5.99. The van der Waals surface area contributed by atoms with Gasteiger partial charge in [0, 0.05) is 11.8 Å². The number of aromatic nitrogens is 1. The van der Waals surface area contributed by atoms with Crippen molar-refractivity contribution in [3.63, 3.8) is 0 Å². The normalized spacial score (nSPS) is 12.0. The van der Waals surface area contributed by atoms with Crippen molar-refractivity contribution < 1.29 is 9.53 Å². The Morgan fingerprint density at radius 2 is 1.87 bits per heavy atom. The number of ether oxygens (including phenoxy) is 1. The van der Waals surface area contributed by atoms with Gasteiger partial charge in [-0.1, -0.05) is 51.8 Å². The first kappa shape index (κ1) is 17.2. The molecule has 0 fully saturated rings. The van der Waals surface area contributed by atoms with Gasteiger partial charge in [0.05, 0.1) is 17.9 Å². The molecule has 1 atom stereocenters. The molecule has 0 bridgehead atoms. The molecule has 0 N–H and O–H groups in total. The Hall–Kier alpha value is -2.16. The van der Waals surface area contributed by atoms with E-state index in [0.717, 1.165) is 30.5 Å². The number of esters is 1. The first-order chi connectivity index (χ1) is 11.1. The quantitative estimate of drug-likeness (QED) is 0.682. The molecule has 2 aromatic rings. The Bertz CT molecular complexity index is 617. The fraction of sp³-hybridized carbons (Fsp3) is 0.400. The zero-order valence-corrected chi connectivity index (χ0v) is 14.2. The van der Waals surface area contributed by atoms with E-state index in [1.807, 2.05) is 24.4 Å². The molecule has 1 aromatic carbocycles. The molecule has 23 heavy (non-hydrogen) atoms. The van der Waals surface area contributed by atoms with Crippen molar-refractivity contribution in [3.8, 4) is 11.3 Å². The van der Waals surface area contributed by atoms with Gasteiger partial charge in [-0.25, -0.2) is 4.79 Å². The predicted octanol–water partition coefficient (Wildman–Crippen LogP) is 4.90. The highest BCUT2D eigenvalue weighted by Crippen LogP contribution is 2.19. The Balaban J connectivity index is 2.02. The maximum absolute atomic E-state index is 12.0. The average Bonchev–Trinajstić information content (AvgIpc) is 2.60.